The molecule has 0 saturated heterocycles. The third kappa shape index (κ3) is 4.83. The van der Waals surface area contributed by atoms with Crippen LogP contribution in [0.1, 0.15) is 55.8 Å². The fraction of sp³-hybridized carbons (Fsp3) is 0.529. The first kappa shape index (κ1) is 16.5. The zero-order valence-electron chi connectivity index (χ0n) is 13.0. The lowest BCUT2D eigenvalue weighted by molar-refractivity contribution is -0.114. The van der Waals surface area contributed by atoms with E-state index in [-0.39, 0.29) is 17.5 Å². The maximum absolute atomic E-state index is 13.5. The van der Waals surface area contributed by atoms with Crippen LogP contribution < -0.4 is 10.6 Å². The van der Waals surface area contributed by atoms with Crippen molar-refractivity contribution < 1.29 is 14.0 Å². The third-order valence-electron chi connectivity index (χ3n) is 4.09. The topological polar surface area (TPSA) is 58.2 Å². The van der Waals surface area contributed by atoms with Crippen molar-refractivity contribution in [1.29, 1.82) is 0 Å². The van der Waals surface area contributed by atoms with E-state index in [1.54, 1.807) is 0 Å². The van der Waals surface area contributed by atoms with Crippen LogP contribution >= 0.6 is 0 Å². The molecule has 0 radical (unpaired) electrons. The molecule has 0 bridgehead atoms. The van der Waals surface area contributed by atoms with Crippen LogP contribution in [0.2, 0.25) is 0 Å². The molecule has 1 saturated carbocycles. The van der Waals surface area contributed by atoms with Gasteiger partial charge in [0.25, 0.3) is 5.91 Å². The summed E-state index contributed by atoms with van der Waals surface area (Å²) in [6.07, 6.45) is 7.41. The number of benzene rings is 1. The van der Waals surface area contributed by atoms with Crippen molar-refractivity contribution >= 4 is 17.5 Å². The van der Waals surface area contributed by atoms with Crippen molar-refractivity contribution in [1.82, 2.24) is 5.32 Å². The molecule has 1 aliphatic rings. The molecule has 5 heteroatoms. The van der Waals surface area contributed by atoms with Crippen LogP contribution in [0.25, 0.3) is 0 Å². The highest BCUT2D eigenvalue weighted by molar-refractivity contribution is 5.96. The number of rotatable bonds is 6. The second kappa shape index (κ2) is 7.92. The minimum atomic E-state index is -0.548. The SMILES string of the molecule is CC(=O)Nc1cc(C(=O)NCCCC2CCCC2)ccc1F. The molecule has 2 N–H and O–H groups in total. The summed E-state index contributed by atoms with van der Waals surface area (Å²) in [5.74, 6) is -0.340. The van der Waals surface area contributed by atoms with Crippen LogP contribution in [0.3, 0.4) is 0 Å². The summed E-state index contributed by atoms with van der Waals surface area (Å²) in [6.45, 7) is 1.93. The lowest BCUT2D eigenvalue weighted by atomic mass is 10.0. The first-order valence-corrected chi connectivity index (χ1v) is 7.91. The average Bonchev–Trinajstić information content (AvgIpc) is 2.98. The molecular formula is C17H23FN2O2. The van der Waals surface area contributed by atoms with E-state index >= 15 is 0 Å². The number of carbonyl (C=O) groups is 2. The fourth-order valence-corrected chi connectivity index (χ4v) is 2.95. The number of amides is 2. The molecule has 0 unspecified atom stereocenters. The number of hydrogen-bond acceptors (Lipinski definition) is 2. The molecule has 1 aromatic carbocycles. The second-order valence-corrected chi connectivity index (χ2v) is 5.92. The van der Waals surface area contributed by atoms with Crippen LogP contribution in [0.4, 0.5) is 10.1 Å². The van der Waals surface area contributed by atoms with Crippen molar-refractivity contribution in [2.45, 2.75) is 45.4 Å². The Labute approximate surface area is 130 Å². The number of halogens is 1. The monoisotopic (exact) mass is 306 g/mol. The van der Waals surface area contributed by atoms with E-state index in [9.17, 15) is 14.0 Å². The number of nitrogens with one attached hydrogen (secondary N) is 2. The van der Waals surface area contributed by atoms with Gasteiger partial charge in [0.2, 0.25) is 5.91 Å². The van der Waals surface area contributed by atoms with E-state index in [1.165, 1.54) is 50.8 Å². The minimum Gasteiger partial charge on any atom is -0.352 e. The van der Waals surface area contributed by atoms with Crippen molar-refractivity contribution in [3.05, 3.63) is 29.6 Å². The summed E-state index contributed by atoms with van der Waals surface area (Å²) in [5.41, 5.74) is 0.386. The molecule has 2 rings (SSSR count). The van der Waals surface area contributed by atoms with Gasteiger partial charge in [-0.1, -0.05) is 25.7 Å². The fourth-order valence-electron chi connectivity index (χ4n) is 2.95. The Kier molecular flexibility index (Phi) is 5.92. The highest BCUT2D eigenvalue weighted by Crippen LogP contribution is 2.28. The Hall–Kier alpha value is -1.91. The van der Waals surface area contributed by atoms with Crippen LogP contribution in [0.15, 0.2) is 18.2 Å². The molecule has 1 aromatic rings. The van der Waals surface area contributed by atoms with Gasteiger partial charge in [0, 0.05) is 19.0 Å². The largest absolute Gasteiger partial charge is 0.352 e. The summed E-state index contributed by atoms with van der Waals surface area (Å²) in [7, 11) is 0. The molecule has 0 aromatic heterocycles. The smallest absolute Gasteiger partial charge is 0.251 e. The lowest BCUT2D eigenvalue weighted by Gasteiger charge is -2.10. The number of hydrogen-bond donors (Lipinski definition) is 2. The quantitative estimate of drug-likeness (QED) is 0.790. The second-order valence-electron chi connectivity index (χ2n) is 5.92. The van der Waals surface area contributed by atoms with Gasteiger partial charge in [-0.2, -0.15) is 0 Å². The summed E-state index contributed by atoms with van der Waals surface area (Å²) in [5, 5.41) is 5.23. The Bertz CT molecular complexity index is 539. The number of carbonyl (C=O) groups excluding carboxylic acids is 2. The molecule has 2 amide bonds. The van der Waals surface area contributed by atoms with Gasteiger partial charge in [-0.05, 0) is 37.0 Å². The average molecular weight is 306 g/mol. The predicted octanol–water partition coefficient (Wildman–Crippen LogP) is 3.48. The molecule has 0 atom stereocenters. The van der Waals surface area contributed by atoms with Gasteiger partial charge >= 0.3 is 0 Å². The first-order valence-electron chi connectivity index (χ1n) is 7.91. The molecule has 120 valence electrons. The molecular weight excluding hydrogens is 283 g/mol. The van der Waals surface area contributed by atoms with Gasteiger partial charge in [-0.15, -0.1) is 0 Å². The lowest BCUT2D eigenvalue weighted by Crippen LogP contribution is -2.25. The summed E-state index contributed by atoms with van der Waals surface area (Å²) >= 11 is 0. The van der Waals surface area contributed by atoms with Crippen LogP contribution in [-0.4, -0.2) is 18.4 Å². The summed E-state index contributed by atoms with van der Waals surface area (Å²) < 4.78 is 13.5. The zero-order valence-corrected chi connectivity index (χ0v) is 13.0. The van der Waals surface area contributed by atoms with E-state index < -0.39 is 5.82 Å². The molecule has 0 heterocycles. The standard InChI is InChI=1S/C17H23FN2O2/c1-12(21)20-16-11-14(8-9-15(16)18)17(22)19-10-4-7-13-5-2-3-6-13/h8-9,11,13H,2-7,10H2,1H3,(H,19,22)(H,20,21). The van der Waals surface area contributed by atoms with Gasteiger partial charge in [0.15, 0.2) is 0 Å². The molecule has 0 aliphatic heterocycles. The first-order chi connectivity index (χ1) is 10.6. The normalized spacial score (nSPS) is 14.8. The summed E-state index contributed by atoms with van der Waals surface area (Å²) in [4.78, 5) is 23.0. The minimum absolute atomic E-state index is 0.0334. The molecule has 4 nitrogen and oxygen atoms in total. The van der Waals surface area contributed by atoms with E-state index in [0.717, 1.165) is 18.8 Å². The Morgan fingerprint density at radius 1 is 1.27 bits per heavy atom. The predicted molar refractivity (Wildman–Crippen MR) is 84.2 cm³/mol. The van der Waals surface area contributed by atoms with Gasteiger partial charge in [-0.25, -0.2) is 4.39 Å². The molecule has 1 fully saturated rings. The zero-order chi connectivity index (χ0) is 15.9. The van der Waals surface area contributed by atoms with Gasteiger partial charge < -0.3 is 10.6 Å². The maximum Gasteiger partial charge on any atom is 0.251 e. The number of anilines is 1. The van der Waals surface area contributed by atoms with E-state index in [1.807, 2.05) is 0 Å². The Morgan fingerprint density at radius 2 is 2.00 bits per heavy atom. The Balaban J connectivity index is 1.82. The third-order valence-corrected chi connectivity index (χ3v) is 4.09. The van der Waals surface area contributed by atoms with Crippen molar-refractivity contribution in [2.75, 3.05) is 11.9 Å². The van der Waals surface area contributed by atoms with Crippen LogP contribution in [0.5, 0.6) is 0 Å². The summed E-state index contributed by atoms with van der Waals surface area (Å²) in [6, 6.07) is 3.98. The van der Waals surface area contributed by atoms with Crippen molar-refractivity contribution in [3.8, 4) is 0 Å². The van der Waals surface area contributed by atoms with Gasteiger partial charge in [-0.3, -0.25) is 9.59 Å². The van der Waals surface area contributed by atoms with Crippen molar-refractivity contribution in [3.63, 3.8) is 0 Å². The highest BCUT2D eigenvalue weighted by Gasteiger charge is 2.15. The van der Waals surface area contributed by atoms with Gasteiger partial charge in [0.05, 0.1) is 5.69 Å². The van der Waals surface area contributed by atoms with Crippen LogP contribution in [-0.2, 0) is 4.79 Å². The van der Waals surface area contributed by atoms with Gasteiger partial charge in [0.1, 0.15) is 5.82 Å². The van der Waals surface area contributed by atoms with Crippen molar-refractivity contribution in [2.24, 2.45) is 5.92 Å². The van der Waals surface area contributed by atoms with E-state index in [2.05, 4.69) is 10.6 Å². The van der Waals surface area contributed by atoms with E-state index in [0.29, 0.717) is 12.1 Å². The molecule has 0 spiro atoms. The van der Waals surface area contributed by atoms with Crippen LogP contribution in [0, 0.1) is 11.7 Å². The van der Waals surface area contributed by atoms with E-state index in [4.69, 9.17) is 0 Å². The maximum atomic E-state index is 13.5. The molecule has 1 aliphatic carbocycles. The Morgan fingerprint density at radius 3 is 2.68 bits per heavy atom. The highest BCUT2D eigenvalue weighted by atomic mass is 19.1. The molecule has 22 heavy (non-hydrogen) atoms.